The molecule has 162 valence electrons. The molecule has 2 fully saturated rings. The number of aromatic nitrogens is 2. The number of hydrogen-bond acceptors (Lipinski definition) is 6. The van der Waals surface area contributed by atoms with E-state index in [1.165, 1.54) is 0 Å². The summed E-state index contributed by atoms with van der Waals surface area (Å²) >= 11 is 0. The van der Waals surface area contributed by atoms with Gasteiger partial charge in [0.1, 0.15) is 5.65 Å². The minimum Gasteiger partial charge on any atom is -0.378 e. The van der Waals surface area contributed by atoms with Crippen LogP contribution in [0.1, 0.15) is 16.2 Å². The zero-order valence-corrected chi connectivity index (χ0v) is 17.8. The second-order valence-electron chi connectivity index (χ2n) is 8.08. The topological polar surface area (TPSA) is 73.6 Å². The van der Waals surface area contributed by atoms with Crippen molar-refractivity contribution in [1.82, 2.24) is 29.0 Å². The number of pyridine rings is 1. The first-order valence-electron chi connectivity index (χ1n) is 10.5. The molecular formula is C21H30N6O3. The standard InChI is InChI=1S/C21H30N6O3/c1-23(2)19(28)16-25-9-7-24(8-10-25)15-17-20(21(29)26-11-13-30-14-12-26)22-18-5-3-4-6-27(17)18/h3-6H,7-16H2,1-2H3. The molecule has 0 N–H and O–H groups in total. The maximum Gasteiger partial charge on any atom is 0.274 e. The number of piperazine rings is 1. The lowest BCUT2D eigenvalue weighted by Gasteiger charge is -2.34. The first-order chi connectivity index (χ1) is 14.5. The van der Waals surface area contributed by atoms with E-state index in [4.69, 9.17) is 4.74 Å². The molecule has 9 nitrogen and oxygen atoms in total. The highest BCUT2D eigenvalue weighted by molar-refractivity contribution is 5.94. The van der Waals surface area contributed by atoms with Crippen molar-refractivity contribution in [3.63, 3.8) is 0 Å². The number of morpholine rings is 1. The predicted octanol–water partition coefficient (Wildman–Crippen LogP) is 0.0125. The van der Waals surface area contributed by atoms with Gasteiger partial charge in [-0.2, -0.15) is 0 Å². The lowest BCUT2D eigenvalue weighted by Crippen LogP contribution is -2.49. The van der Waals surface area contributed by atoms with Gasteiger partial charge in [0.05, 0.1) is 25.5 Å². The summed E-state index contributed by atoms with van der Waals surface area (Å²) in [5.41, 5.74) is 2.26. The van der Waals surface area contributed by atoms with E-state index in [1.54, 1.807) is 19.0 Å². The van der Waals surface area contributed by atoms with Gasteiger partial charge >= 0.3 is 0 Å². The number of rotatable bonds is 5. The Balaban J connectivity index is 1.48. The quantitative estimate of drug-likeness (QED) is 0.687. The van der Waals surface area contributed by atoms with Gasteiger partial charge in [0, 0.05) is 66.1 Å². The SMILES string of the molecule is CN(C)C(=O)CN1CCN(Cc2c(C(=O)N3CCOCC3)nc3ccccn23)CC1. The van der Waals surface area contributed by atoms with Crippen molar-refractivity contribution >= 4 is 17.5 Å². The molecule has 0 spiro atoms. The molecule has 0 aromatic carbocycles. The van der Waals surface area contributed by atoms with E-state index >= 15 is 0 Å². The van der Waals surface area contributed by atoms with E-state index in [0.29, 0.717) is 45.1 Å². The minimum atomic E-state index is -0.0211. The highest BCUT2D eigenvalue weighted by atomic mass is 16.5. The molecule has 2 aliphatic heterocycles. The van der Waals surface area contributed by atoms with Crippen molar-refractivity contribution in [2.45, 2.75) is 6.54 Å². The number of nitrogens with zero attached hydrogens (tertiary/aromatic N) is 6. The van der Waals surface area contributed by atoms with Crippen molar-refractivity contribution in [3.05, 3.63) is 35.8 Å². The van der Waals surface area contributed by atoms with Crippen LogP contribution in [0.4, 0.5) is 0 Å². The number of amides is 2. The van der Waals surface area contributed by atoms with Crippen LogP contribution in [0.2, 0.25) is 0 Å². The van der Waals surface area contributed by atoms with Crippen LogP contribution >= 0.6 is 0 Å². The van der Waals surface area contributed by atoms with Crippen LogP contribution in [0.25, 0.3) is 5.65 Å². The molecule has 4 rings (SSSR count). The van der Waals surface area contributed by atoms with Crippen LogP contribution < -0.4 is 0 Å². The van der Waals surface area contributed by atoms with Gasteiger partial charge < -0.3 is 18.9 Å². The normalized spacial score (nSPS) is 18.7. The van der Waals surface area contributed by atoms with E-state index in [0.717, 1.165) is 37.5 Å². The molecule has 4 heterocycles. The monoisotopic (exact) mass is 414 g/mol. The third kappa shape index (κ3) is 4.48. The zero-order chi connectivity index (χ0) is 21.1. The van der Waals surface area contributed by atoms with Gasteiger partial charge in [0.2, 0.25) is 5.91 Å². The Hall–Kier alpha value is -2.49. The summed E-state index contributed by atoms with van der Waals surface area (Å²) in [6, 6.07) is 5.84. The van der Waals surface area contributed by atoms with E-state index in [-0.39, 0.29) is 11.8 Å². The average Bonchev–Trinajstić information content (AvgIpc) is 3.13. The van der Waals surface area contributed by atoms with E-state index in [9.17, 15) is 9.59 Å². The first kappa shape index (κ1) is 20.8. The Morgan fingerprint density at radius 3 is 2.43 bits per heavy atom. The van der Waals surface area contributed by atoms with Crippen molar-refractivity contribution < 1.29 is 14.3 Å². The second-order valence-corrected chi connectivity index (χ2v) is 8.08. The third-order valence-corrected chi connectivity index (χ3v) is 5.83. The third-order valence-electron chi connectivity index (χ3n) is 5.83. The van der Waals surface area contributed by atoms with Crippen molar-refractivity contribution in [2.24, 2.45) is 0 Å². The fourth-order valence-corrected chi connectivity index (χ4v) is 3.94. The average molecular weight is 415 g/mol. The molecule has 0 bridgehead atoms. The minimum absolute atomic E-state index is 0.0211. The molecule has 2 aromatic rings. The molecule has 2 saturated heterocycles. The van der Waals surface area contributed by atoms with E-state index in [1.807, 2.05) is 33.7 Å². The van der Waals surface area contributed by atoms with Gasteiger partial charge in [-0.05, 0) is 12.1 Å². The fraction of sp³-hybridized carbons (Fsp3) is 0.571. The van der Waals surface area contributed by atoms with Gasteiger partial charge in [-0.1, -0.05) is 6.07 Å². The Labute approximate surface area is 176 Å². The fourth-order valence-electron chi connectivity index (χ4n) is 3.94. The van der Waals surface area contributed by atoms with E-state index < -0.39 is 0 Å². The number of imidazole rings is 1. The number of fused-ring (bicyclic) bond motifs is 1. The molecule has 2 amide bonds. The second kappa shape index (κ2) is 9.11. The highest BCUT2D eigenvalue weighted by Crippen LogP contribution is 2.19. The molecular weight excluding hydrogens is 384 g/mol. The number of ether oxygens (including phenoxy) is 1. The summed E-state index contributed by atoms with van der Waals surface area (Å²) in [5.74, 6) is 0.107. The van der Waals surface area contributed by atoms with E-state index in [2.05, 4.69) is 14.8 Å². The number of carbonyl (C=O) groups excluding carboxylic acids is 2. The molecule has 0 atom stereocenters. The molecule has 0 aliphatic carbocycles. The lowest BCUT2D eigenvalue weighted by atomic mass is 10.2. The van der Waals surface area contributed by atoms with Crippen LogP contribution in [0.5, 0.6) is 0 Å². The summed E-state index contributed by atoms with van der Waals surface area (Å²) in [6.45, 7) is 6.84. The maximum absolute atomic E-state index is 13.2. The summed E-state index contributed by atoms with van der Waals surface area (Å²) < 4.78 is 7.41. The Morgan fingerprint density at radius 2 is 1.73 bits per heavy atom. The molecule has 30 heavy (non-hydrogen) atoms. The predicted molar refractivity (Wildman–Crippen MR) is 112 cm³/mol. The van der Waals surface area contributed by atoms with Crippen LogP contribution in [0.15, 0.2) is 24.4 Å². The molecule has 2 aromatic heterocycles. The van der Waals surface area contributed by atoms with Gasteiger partial charge in [-0.3, -0.25) is 19.4 Å². The number of hydrogen-bond donors (Lipinski definition) is 0. The summed E-state index contributed by atoms with van der Waals surface area (Å²) in [7, 11) is 3.58. The van der Waals surface area contributed by atoms with Crippen molar-refractivity contribution in [1.29, 1.82) is 0 Å². The van der Waals surface area contributed by atoms with Gasteiger partial charge in [-0.25, -0.2) is 4.98 Å². The highest BCUT2D eigenvalue weighted by Gasteiger charge is 2.27. The first-order valence-corrected chi connectivity index (χ1v) is 10.5. The molecule has 0 saturated carbocycles. The van der Waals surface area contributed by atoms with Crippen LogP contribution in [0, 0.1) is 0 Å². The van der Waals surface area contributed by atoms with Crippen LogP contribution in [0.3, 0.4) is 0 Å². The largest absolute Gasteiger partial charge is 0.378 e. The number of likely N-dealkylation sites (N-methyl/N-ethyl adjacent to an activating group) is 1. The Kier molecular flexibility index (Phi) is 6.31. The van der Waals surface area contributed by atoms with Crippen molar-refractivity contribution in [3.8, 4) is 0 Å². The molecule has 0 unspecified atom stereocenters. The maximum atomic E-state index is 13.2. The smallest absolute Gasteiger partial charge is 0.274 e. The van der Waals surface area contributed by atoms with Gasteiger partial charge in [0.25, 0.3) is 5.91 Å². The lowest BCUT2D eigenvalue weighted by molar-refractivity contribution is -0.130. The molecule has 0 radical (unpaired) electrons. The molecule has 2 aliphatic rings. The van der Waals surface area contributed by atoms with Gasteiger partial charge in [0.15, 0.2) is 5.69 Å². The van der Waals surface area contributed by atoms with Crippen LogP contribution in [-0.2, 0) is 16.1 Å². The summed E-state index contributed by atoms with van der Waals surface area (Å²) in [5, 5.41) is 0. The van der Waals surface area contributed by atoms with Crippen molar-refractivity contribution in [2.75, 3.05) is 73.1 Å². The Morgan fingerprint density at radius 1 is 1.03 bits per heavy atom. The summed E-state index contributed by atoms with van der Waals surface area (Å²) in [4.78, 5) is 37.8. The Bertz CT molecular complexity index is 897. The summed E-state index contributed by atoms with van der Waals surface area (Å²) in [6.07, 6.45) is 1.97. The number of carbonyl (C=O) groups is 2. The van der Waals surface area contributed by atoms with Gasteiger partial charge in [-0.15, -0.1) is 0 Å². The zero-order valence-electron chi connectivity index (χ0n) is 17.8. The van der Waals surface area contributed by atoms with Crippen LogP contribution in [-0.4, -0.2) is 114 Å². The molecule has 9 heteroatoms.